The Balaban J connectivity index is 2.23. The van der Waals surface area contributed by atoms with Crippen molar-refractivity contribution in [3.8, 4) is 0 Å². The topological polar surface area (TPSA) is 26.3 Å². The summed E-state index contributed by atoms with van der Waals surface area (Å²) in [6.07, 6.45) is 2.74. The number of rotatable bonds is 6. The van der Waals surface area contributed by atoms with Gasteiger partial charge in [-0.1, -0.05) is 23.2 Å². The molecule has 0 aliphatic heterocycles. The normalized spacial score (nSPS) is 18.7. The Bertz CT molecular complexity index is 262. The maximum atomic E-state index is 11.1. The molecule has 0 amide bonds. The lowest BCUT2D eigenvalue weighted by molar-refractivity contribution is -0.141. The molecule has 0 heterocycles. The van der Waals surface area contributed by atoms with E-state index in [1.165, 1.54) is 12.6 Å². The number of esters is 1. The first kappa shape index (κ1) is 13.2. The largest absolute Gasteiger partial charge is 0.469 e. The molecule has 0 aromatic rings. The second-order valence-corrected chi connectivity index (χ2v) is 5.49. The van der Waals surface area contributed by atoms with Crippen LogP contribution in [0.25, 0.3) is 0 Å². The van der Waals surface area contributed by atoms with Gasteiger partial charge in [0, 0.05) is 16.3 Å². The van der Waals surface area contributed by atoms with Crippen molar-refractivity contribution >= 4 is 40.9 Å². The van der Waals surface area contributed by atoms with Crippen LogP contribution in [0.5, 0.6) is 0 Å². The number of methoxy groups -OCH3 is 1. The van der Waals surface area contributed by atoms with Crippen molar-refractivity contribution in [3.63, 3.8) is 0 Å². The fourth-order valence-corrected chi connectivity index (χ4v) is 2.93. The molecule has 0 radical (unpaired) electrons. The highest BCUT2D eigenvalue weighted by atomic mass is 35.5. The van der Waals surface area contributed by atoms with E-state index in [-0.39, 0.29) is 11.4 Å². The van der Waals surface area contributed by atoms with E-state index in [1.807, 2.05) is 0 Å². The van der Waals surface area contributed by atoms with Gasteiger partial charge in [0.1, 0.15) is 0 Å². The van der Waals surface area contributed by atoms with Crippen LogP contribution >= 0.6 is 35.0 Å². The summed E-state index contributed by atoms with van der Waals surface area (Å²) in [6.45, 7) is 0. The van der Waals surface area contributed by atoms with Gasteiger partial charge < -0.3 is 4.74 Å². The summed E-state index contributed by atoms with van der Waals surface area (Å²) in [4.78, 5) is 11.1. The summed E-state index contributed by atoms with van der Waals surface area (Å²) in [5.41, 5.74) is 1.55. The lowest BCUT2D eigenvalue weighted by Crippen LogP contribution is -2.13. The number of carbonyl (C=O) groups is 1. The van der Waals surface area contributed by atoms with Crippen LogP contribution in [0.4, 0.5) is 0 Å². The molecular weight excluding hydrogens is 255 g/mol. The van der Waals surface area contributed by atoms with Gasteiger partial charge >= 0.3 is 5.97 Å². The van der Waals surface area contributed by atoms with Crippen molar-refractivity contribution in [2.45, 2.75) is 19.3 Å². The Morgan fingerprint density at radius 1 is 1.60 bits per heavy atom. The van der Waals surface area contributed by atoms with Crippen molar-refractivity contribution < 1.29 is 9.53 Å². The van der Waals surface area contributed by atoms with E-state index >= 15 is 0 Å². The summed E-state index contributed by atoms with van der Waals surface area (Å²) in [6, 6.07) is 0. The van der Waals surface area contributed by atoms with Crippen LogP contribution in [0.15, 0.2) is 10.6 Å². The fourth-order valence-electron chi connectivity index (χ4n) is 1.32. The average molecular weight is 269 g/mol. The summed E-state index contributed by atoms with van der Waals surface area (Å²) in [7, 11) is 1.43. The van der Waals surface area contributed by atoms with Gasteiger partial charge in [0.15, 0.2) is 0 Å². The van der Waals surface area contributed by atoms with E-state index in [9.17, 15) is 4.79 Å². The van der Waals surface area contributed by atoms with Gasteiger partial charge in [-0.15, -0.1) is 0 Å². The standard InChI is InChI=1S/C10H14Cl2O2S/c1-14-9(13)4-10(2-3-10)7-15-6-8(12)5-11/h5H,2-4,6-7H2,1H3. The number of halogens is 2. The first-order valence-electron chi connectivity index (χ1n) is 4.71. The van der Waals surface area contributed by atoms with Gasteiger partial charge in [0.05, 0.1) is 13.5 Å². The van der Waals surface area contributed by atoms with Crippen molar-refractivity contribution in [1.29, 1.82) is 0 Å². The second kappa shape index (κ2) is 6.02. The smallest absolute Gasteiger partial charge is 0.306 e. The highest BCUT2D eigenvalue weighted by Crippen LogP contribution is 2.51. The highest BCUT2D eigenvalue weighted by molar-refractivity contribution is 7.99. The summed E-state index contributed by atoms with van der Waals surface area (Å²) in [5, 5.41) is 0.649. The SMILES string of the molecule is COC(=O)CC1(CSCC(Cl)=CCl)CC1. The summed E-state index contributed by atoms with van der Waals surface area (Å²) in [5.74, 6) is 1.55. The molecule has 1 aliphatic carbocycles. The van der Waals surface area contributed by atoms with Crippen LogP contribution in [-0.2, 0) is 9.53 Å². The summed E-state index contributed by atoms with van der Waals surface area (Å²) >= 11 is 12.9. The van der Waals surface area contributed by atoms with E-state index in [1.54, 1.807) is 11.8 Å². The zero-order valence-corrected chi connectivity index (χ0v) is 10.9. The molecule has 0 bridgehead atoms. The zero-order valence-electron chi connectivity index (χ0n) is 8.59. The molecule has 86 valence electrons. The maximum Gasteiger partial charge on any atom is 0.306 e. The van der Waals surface area contributed by atoms with Crippen LogP contribution < -0.4 is 0 Å². The molecule has 1 saturated carbocycles. The Kier molecular flexibility index (Phi) is 5.30. The minimum atomic E-state index is -0.118. The third-order valence-corrected chi connectivity index (χ3v) is 4.58. The van der Waals surface area contributed by atoms with E-state index in [4.69, 9.17) is 23.2 Å². The van der Waals surface area contributed by atoms with Crippen molar-refractivity contribution in [1.82, 2.24) is 0 Å². The minimum absolute atomic E-state index is 0.118. The van der Waals surface area contributed by atoms with Crippen molar-refractivity contribution in [2.24, 2.45) is 5.41 Å². The predicted octanol–water partition coefficient (Wildman–Crippen LogP) is 3.38. The highest BCUT2D eigenvalue weighted by Gasteiger charge is 2.44. The molecule has 0 spiro atoms. The first-order chi connectivity index (χ1) is 7.12. The average Bonchev–Trinajstić information content (AvgIpc) is 2.97. The number of carbonyl (C=O) groups excluding carboxylic acids is 1. The third-order valence-electron chi connectivity index (χ3n) is 2.47. The van der Waals surface area contributed by atoms with E-state index in [2.05, 4.69) is 4.74 Å². The minimum Gasteiger partial charge on any atom is -0.469 e. The lowest BCUT2D eigenvalue weighted by Gasteiger charge is -2.12. The van der Waals surface area contributed by atoms with Gasteiger partial charge in [-0.2, -0.15) is 11.8 Å². The molecule has 0 aromatic heterocycles. The predicted molar refractivity (Wildman–Crippen MR) is 65.4 cm³/mol. The van der Waals surface area contributed by atoms with Gasteiger partial charge in [0.25, 0.3) is 0 Å². The molecule has 0 N–H and O–H groups in total. The quantitative estimate of drug-likeness (QED) is 0.691. The maximum absolute atomic E-state index is 11.1. The Morgan fingerprint density at radius 3 is 2.73 bits per heavy atom. The molecule has 1 aliphatic rings. The number of ether oxygens (including phenoxy) is 1. The fraction of sp³-hybridized carbons (Fsp3) is 0.700. The van der Waals surface area contributed by atoms with Gasteiger partial charge in [-0.25, -0.2) is 0 Å². The molecule has 0 saturated heterocycles. The Hall–Kier alpha value is 0.140. The number of hydrogen-bond donors (Lipinski definition) is 0. The molecule has 1 fully saturated rings. The second-order valence-electron chi connectivity index (χ2n) is 3.80. The monoisotopic (exact) mass is 268 g/mol. The molecule has 0 aromatic carbocycles. The van der Waals surface area contributed by atoms with Crippen molar-refractivity contribution in [2.75, 3.05) is 18.6 Å². The van der Waals surface area contributed by atoms with Crippen LogP contribution in [0.2, 0.25) is 0 Å². The van der Waals surface area contributed by atoms with Crippen LogP contribution in [0, 0.1) is 5.41 Å². The van der Waals surface area contributed by atoms with Crippen LogP contribution in [0.3, 0.4) is 0 Å². The van der Waals surface area contributed by atoms with E-state index < -0.39 is 0 Å². The molecule has 0 unspecified atom stereocenters. The first-order valence-corrected chi connectivity index (χ1v) is 6.68. The number of thioether (sulfide) groups is 1. The lowest BCUT2D eigenvalue weighted by atomic mass is 10.1. The Morgan fingerprint density at radius 2 is 2.27 bits per heavy atom. The molecule has 0 atom stereocenters. The summed E-state index contributed by atoms with van der Waals surface area (Å²) < 4.78 is 4.67. The molecular formula is C10H14Cl2O2S. The van der Waals surface area contributed by atoms with Crippen molar-refractivity contribution in [3.05, 3.63) is 10.6 Å². The molecule has 15 heavy (non-hydrogen) atoms. The van der Waals surface area contributed by atoms with E-state index in [0.717, 1.165) is 18.6 Å². The zero-order chi connectivity index (χ0) is 11.3. The van der Waals surface area contributed by atoms with Gasteiger partial charge in [-0.05, 0) is 24.0 Å². The van der Waals surface area contributed by atoms with E-state index in [0.29, 0.717) is 17.2 Å². The van der Waals surface area contributed by atoms with Crippen LogP contribution in [0.1, 0.15) is 19.3 Å². The third kappa shape index (κ3) is 4.66. The molecule has 2 nitrogen and oxygen atoms in total. The molecule has 1 rings (SSSR count). The van der Waals surface area contributed by atoms with Gasteiger partial charge in [0.2, 0.25) is 0 Å². The number of hydrogen-bond acceptors (Lipinski definition) is 3. The Labute approximate surface area is 104 Å². The molecule has 5 heteroatoms. The van der Waals surface area contributed by atoms with Crippen LogP contribution in [-0.4, -0.2) is 24.6 Å². The van der Waals surface area contributed by atoms with Gasteiger partial charge in [-0.3, -0.25) is 4.79 Å².